The van der Waals surface area contributed by atoms with E-state index in [0.717, 1.165) is 22.3 Å². The van der Waals surface area contributed by atoms with Gasteiger partial charge in [-0.1, -0.05) is 62.4 Å². The van der Waals surface area contributed by atoms with Gasteiger partial charge in [0.2, 0.25) is 5.91 Å². The van der Waals surface area contributed by atoms with Crippen LogP contribution < -0.4 is 10.1 Å². The first-order valence-corrected chi connectivity index (χ1v) is 12.2. The predicted molar refractivity (Wildman–Crippen MR) is 133 cm³/mol. The largest absolute Gasteiger partial charge is 0.481 e. The molecule has 1 N–H and O–H groups in total. The van der Waals surface area contributed by atoms with E-state index in [1.54, 1.807) is 6.07 Å². The van der Waals surface area contributed by atoms with Crippen molar-refractivity contribution in [3.63, 3.8) is 0 Å². The van der Waals surface area contributed by atoms with Gasteiger partial charge < -0.3 is 15.0 Å². The molecule has 6 heteroatoms. The molecule has 5 nitrogen and oxygen atoms in total. The van der Waals surface area contributed by atoms with Crippen LogP contribution in [-0.2, 0) is 22.6 Å². The van der Waals surface area contributed by atoms with E-state index in [1.807, 2.05) is 73.3 Å². The lowest BCUT2D eigenvalue weighted by Gasteiger charge is -2.38. The number of nitrogens with zero attached hydrogens (tertiary/aromatic N) is 1. The number of nitrogens with one attached hydrogen (secondary N) is 1. The summed E-state index contributed by atoms with van der Waals surface area (Å²) in [4.78, 5) is 27.4. The van der Waals surface area contributed by atoms with Gasteiger partial charge in [-0.05, 0) is 59.4 Å². The number of fused-ring (bicyclic) bond motifs is 1. The van der Waals surface area contributed by atoms with Gasteiger partial charge in [0, 0.05) is 19.5 Å². The third-order valence-electron chi connectivity index (χ3n) is 6.38. The Hall–Kier alpha value is -3.67. The molecule has 182 valence electrons. The van der Waals surface area contributed by atoms with Crippen LogP contribution in [0.3, 0.4) is 0 Å². The number of amides is 2. The van der Waals surface area contributed by atoms with Crippen molar-refractivity contribution in [2.45, 2.75) is 51.8 Å². The Morgan fingerprint density at radius 3 is 2.57 bits per heavy atom. The molecule has 2 atom stereocenters. The maximum absolute atomic E-state index is 14.1. The van der Waals surface area contributed by atoms with Crippen molar-refractivity contribution in [1.29, 1.82) is 0 Å². The lowest BCUT2D eigenvalue weighted by atomic mass is 9.87. The molecule has 1 heterocycles. The van der Waals surface area contributed by atoms with Crippen LogP contribution in [0.4, 0.5) is 4.39 Å². The Labute approximate surface area is 205 Å². The van der Waals surface area contributed by atoms with Crippen molar-refractivity contribution in [2.24, 2.45) is 0 Å². The normalized spacial score (nSPS) is 15.7. The Balaban J connectivity index is 1.58. The fourth-order valence-electron chi connectivity index (χ4n) is 4.56. The average molecular weight is 475 g/mol. The Bertz CT molecular complexity index is 1180. The summed E-state index contributed by atoms with van der Waals surface area (Å²) in [5.41, 5.74) is 3.73. The smallest absolute Gasteiger partial charge is 0.261 e. The molecule has 1 aliphatic rings. The van der Waals surface area contributed by atoms with Gasteiger partial charge in [0.05, 0.1) is 6.04 Å². The van der Waals surface area contributed by atoms with E-state index < -0.39 is 12.1 Å². The highest BCUT2D eigenvalue weighted by Gasteiger charge is 2.32. The molecular weight excluding hydrogens is 443 g/mol. The minimum absolute atomic E-state index is 0.0166. The Morgan fingerprint density at radius 2 is 1.86 bits per heavy atom. The van der Waals surface area contributed by atoms with Crippen molar-refractivity contribution >= 4 is 11.8 Å². The van der Waals surface area contributed by atoms with Crippen LogP contribution in [0.15, 0.2) is 72.8 Å². The second-order valence-electron chi connectivity index (χ2n) is 8.73. The second kappa shape index (κ2) is 11.2. The van der Waals surface area contributed by atoms with Gasteiger partial charge in [-0.3, -0.25) is 9.59 Å². The lowest BCUT2D eigenvalue weighted by molar-refractivity contribution is -0.133. The maximum atomic E-state index is 14.1. The fraction of sp³-hybridized carbons (Fsp3) is 0.310. The lowest BCUT2D eigenvalue weighted by Crippen LogP contribution is -2.40. The van der Waals surface area contributed by atoms with Crippen LogP contribution in [-0.4, -0.2) is 29.4 Å². The van der Waals surface area contributed by atoms with E-state index in [4.69, 9.17) is 4.74 Å². The predicted octanol–water partition coefficient (Wildman–Crippen LogP) is 5.18. The molecular formula is C29H31FN2O3. The molecule has 4 rings (SSSR count). The molecule has 0 aliphatic carbocycles. The van der Waals surface area contributed by atoms with Crippen molar-refractivity contribution in [1.82, 2.24) is 10.2 Å². The summed E-state index contributed by atoms with van der Waals surface area (Å²) in [6.45, 7) is 4.74. The van der Waals surface area contributed by atoms with Crippen molar-refractivity contribution in [3.05, 3.63) is 101 Å². The van der Waals surface area contributed by atoms with Gasteiger partial charge in [0.25, 0.3) is 5.91 Å². The van der Waals surface area contributed by atoms with Gasteiger partial charge >= 0.3 is 0 Å². The van der Waals surface area contributed by atoms with E-state index in [1.165, 1.54) is 12.1 Å². The number of hydrogen-bond acceptors (Lipinski definition) is 3. The molecule has 0 saturated heterocycles. The van der Waals surface area contributed by atoms with E-state index in [2.05, 4.69) is 5.32 Å². The topological polar surface area (TPSA) is 58.6 Å². The number of hydrogen-bond donors (Lipinski definition) is 1. The zero-order chi connectivity index (χ0) is 24.8. The number of benzene rings is 3. The molecule has 0 bridgehead atoms. The summed E-state index contributed by atoms with van der Waals surface area (Å²) in [6.07, 6.45) is 0.936. The van der Waals surface area contributed by atoms with Gasteiger partial charge in [0.15, 0.2) is 6.10 Å². The average Bonchev–Trinajstić information content (AvgIpc) is 2.89. The van der Waals surface area contributed by atoms with E-state index in [9.17, 15) is 14.0 Å². The SMILES string of the molecule is CCC(=O)N1CCc2ccc(O[C@@H](CC)C(=O)NCc3ccccc3)cc2[C@@H]1c1cccc(F)c1. The summed E-state index contributed by atoms with van der Waals surface area (Å²) < 4.78 is 20.2. The highest BCUT2D eigenvalue weighted by molar-refractivity contribution is 5.81. The van der Waals surface area contributed by atoms with Gasteiger partial charge in [-0.15, -0.1) is 0 Å². The molecule has 0 saturated carbocycles. The third-order valence-corrected chi connectivity index (χ3v) is 6.38. The van der Waals surface area contributed by atoms with Gasteiger partial charge in [-0.25, -0.2) is 4.39 Å². The van der Waals surface area contributed by atoms with Crippen LogP contribution in [0.2, 0.25) is 0 Å². The number of rotatable bonds is 8. The number of ether oxygens (including phenoxy) is 1. The van der Waals surface area contributed by atoms with E-state index in [-0.39, 0.29) is 17.6 Å². The van der Waals surface area contributed by atoms with Crippen LogP contribution in [0, 0.1) is 5.82 Å². The standard InChI is InChI=1S/C29H31FN2O3/c1-3-26(29(34)31-19-20-9-6-5-7-10-20)35-24-14-13-21-15-16-32(27(33)4-2)28(25(21)18-24)22-11-8-12-23(30)17-22/h5-14,17-18,26,28H,3-4,15-16,19H2,1-2H3,(H,31,34)/t26-,28-/m0/s1. The molecule has 0 fully saturated rings. The number of halogens is 1. The first-order chi connectivity index (χ1) is 17.0. The first kappa shape index (κ1) is 24.5. The third kappa shape index (κ3) is 5.70. The molecule has 2 amide bonds. The molecule has 0 radical (unpaired) electrons. The highest BCUT2D eigenvalue weighted by atomic mass is 19.1. The summed E-state index contributed by atoms with van der Waals surface area (Å²) in [5.74, 6) is 0.0474. The molecule has 3 aromatic rings. The van der Waals surface area contributed by atoms with Gasteiger partial charge in [-0.2, -0.15) is 0 Å². The summed E-state index contributed by atoms with van der Waals surface area (Å²) in [5, 5.41) is 2.94. The van der Waals surface area contributed by atoms with Crippen LogP contribution >= 0.6 is 0 Å². The Kier molecular flexibility index (Phi) is 7.80. The van der Waals surface area contributed by atoms with Gasteiger partial charge in [0.1, 0.15) is 11.6 Å². The Morgan fingerprint density at radius 1 is 1.06 bits per heavy atom. The summed E-state index contributed by atoms with van der Waals surface area (Å²) in [7, 11) is 0. The number of carbonyl (C=O) groups is 2. The van der Waals surface area contributed by atoms with Crippen molar-refractivity contribution in [2.75, 3.05) is 6.54 Å². The molecule has 35 heavy (non-hydrogen) atoms. The van der Waals surface area contributed by atoms with Crippen LogP contribution in [0.25, 0.3) is 0 Å². The monoisotopic (exact) mass is 474 g/mol. The van der Waals surface area contributed by atoms with E-state index >= 15 is 0 Å². The highest BCUT2D eigenvalue weighted by Crippen LogP contribution is 2.38. The quantitative estimate of drug-likeness (QED) is 0.489. The minimum Gasteiger partial charge on any atom is -0.481 e. The van der Waals surface area contributed by atoms with Crippen molar-refractivity contribution < 1.29 is 18.7 Å². The minimum atomic E-state index is -0.652. The molecule has 0 unspecified atom stereocenters. The second-order valence-corrected chi connectivity index (χ2v) is 8.73. The van der Waals surface area contributed by atoms with E-state index in [0.29, 0.717) is 38.1 Å². The zero-order valence-corrected chi connectivity index (χ0v) is 20.2. The first-order valence-electron chi connectivity index (χ1n) is 12.2. The molecule has 3 aromatic carbocycles. The fourth-order valence-corrected chi connectivity index (χ4v) is 4.56. The van der Waals surface area contributed by atoms with Crippen LogP contribution in [0.1, 0.15) is 55.0 Å². The summed E-state index contributed by atoms with van der Waals surface area (Å²) in [6, 6.07) is 21.5. The molecule has 0 spiro atoms. The maximum Gasteiger partial charge on any atom is 0.261 e. The molecule has 0 aromatic heterocycles. The summed E-state index contributed by atoms with van der Waals surface area (Å²) >= 11 is 0. The van der Waals surface area contributed by atoms with Crippen LogP contribution in [0.5, 0.6) is 5.75 Å². The van der Waals surface area contributed by atoms with Crippen molar-refractivity contribution in [3.8, 4) is 5.75 Å². The molecule has 1 aliphatic heterocycles. The zero-order valence-electron chi connectivity index (χ0n) is 20.2. The number of carbonyl (C=O) groups excluding carboxylic acids is 2.